The Morgan fingerprint density at radius 1 is 0.957 bits per heavy atom. The second-order valence-corrected chi connectivity index (χ2v) is 7.24. The van der Waals surface area contributed by atoms with Crippen molar-refractivity contribution in [3.63, 3.8) is 0 Å². The van der Waals surface area contributed by atoms with Gasteiger partial charge in [0.1, 0.15) is 5.75 Å². The molecule has 120 valence electrons. The lowest BCUT2D eigenvalue weighted by molar-refractivity contribution is 0.139. The number of nitrogens with zero attached hydrogens (tertiary/aromatic N) is 1. The second-order valence-electron chi connectivity index (χ2n) is 7.24. The molecule has 23 heavy (non-hydrogen) atoms. The van der Waals surface area contributed by atoms with Gasteiger partial charge in [0.25, 0.3) is 0 Å². The topological polar surface area (TPSA) is 23.5 Å². The Labute approximate surface area is 138 Å². The number of fused-ring (bicyclic) bond motifs is 2. The third kappa shape index (κ3) is 2.88. The van der Waals surface area contributed by atoms with Crippen LogP contribution in [0.1, 0.15) is 42.4 Å². The summed E-state index contributed by atoms with van der Waals surface area (Å²) >= 11 is 0. The minimum absolute atomic E-state index is 0.305. The van der Waals surface area contributed by atoms with Crippen molar-refractivity contribution in [1.82, 2.24) is 4.90 Å². The molecule has 2 aromatic carbocycles. The molecule has 2 heteroatoms. The number of rotatable bonds is 2. The molecular formula is C21H25NO. The first-order valence-electron chi connectivity index (χ1n) is 8.84. The van der Waals surface area contributed by atoms with Gasteiger partial charge in [0.05, 0.1) is 0 Å². The summed E-state index contributed by atoms with van der Waals surface area (Å²) < 4.78 is 0. The SMILES string of the molecule is Oc1ccc2c(c1)C1(CCC2)CCN(Cc2ccccc2)CC1. The number of piperidine rings is 1. The summed E-state index contributed by atoms with van der Waals surface area (Å²) in [7, 11) is 0. The molecule has 0 saturated carbocycles. The lowest BCUT2D eigenvalue weighted by atomic mass is 9.65. The summed E-state index contributed by atoms with van der Waals surface area (Å²) in [5, 5.41) is 9.94. The fourth-order valence-electron chi connectivity index (χ4n) is 4.53. The van der Waals surface area contributed by atoms with Crippen LogP contribution in [0.4, 0.5) is 0 Å². The quantitative estimate of drug-likeness (QED) is 0.896. The van der Waals surface area contributed by atoms with Crippen LogP contribution < -0.4 is 0 Å². The van der Waals surface area contributed by atoms with Gasteiger partial charge in [-0.3, -0.25) is 4.90 Å². The average Bonchev–Trinajstić information content (AvgIpc) is 2.59. The van der Waals surface area contributed by atoms with Gasteiger partial charge in [0.15, 0.2) is 0 Å². The summed E-state index contributed by atoms with van der Waals surface area (Å²) in [4.78, 5) is 2.58. The predicted octanol–water partition coefficient (Wildman–Crippen LogP) is 4.26. The van der Waals surface area contributed by atoms with E-state index in [2.05, 4.69) is 41.3 Å². The van der Waals surface area contributed by atoms with Gasteiger partial charge in [-0.1, -0.05) is 36.4 Å². The van der Waals surface area contributed by atoms with E-state index in [0.29, 0.717) is 11.2 Å². The maximum atomic E-state index is 9.94. The van der Waals surface area contributed by atoms with Crippen LogP contribution in [0.2, 0.25) is 0 Å². The van der Waals surface area contributed by atoms with Crippen molar-refractivity contribution in [3.05, 3.63) is 65.2 Å². The average molecular weight is 307 g/mol. The molecule has 1 saturated heterocycles. The summed E-state index contributed by atoms with van der Waals surface area (Å²) in [6, 6.07) is 16.8. The van der Waals surface area contributed by atoms with Crippen molar-refractivity contribution >= 4 is 0 Å². The molecule has 4 rings (SSSR count). The molecule has 2 aliphatic rings. The fraction of sp³-hybridized carbons (Fsp3) is 0.429. The molecule has 1 fully saturated rings. The molecule has 0 atom stereocenters. The molecule has 2 nitrogen and oxygen atoms in total. The minimum atomic E-state index is 0.305. The lowest BCUT2D eigenvalue weighted by Gasteiger charge is -2.45. The molecule has 1 aliphatic carbocycles. The number of aromatic hydroxyl groups is 1. The van der Waals surface area contributed by atoms with Crippen LogP contribution in [0.5, 0.6) is 5.75 Å². The van der Waals surface area contributed by atoms with Crippen LogP contribution in [0.25, 0.3) is 0 Å². The fourth-order valence-corrected chi connectivity index (χ4v) is 4.53. The number of likely N-dealkylation sites (tertiary alicyclic amines) is 1. The van der Waals surface area contributed by atoms with Gasteiger partial charge in [-0.25, -0.2) is 0 Å². The molecule has 0 amide bonds. The molecule has 0 bridgehead atoms. The molecule has 2 aromatic rings. The van der Waals surface area contributed by atoms with E-state index in [-0.39, 0.29) is 0 Å². The van der Waals surface area contributed by atoms with E-state index in [1.165, 1.54) is 48.8 Å². The molecule has 0 radical (unpaired) electrons. The van der Waals surface area contributed by atoms with Gasteiger partial charge in [-0.05, 0) is 79.4 Å². The monoisotopic (exact) mass is 307 g/mol. The lowest BCUT2D eigenvalue weighted by Crippen LogP contribution is -2.44. The van der Waals surface area contributed by atoms with Gasteiger partial charge < -0.3 is 5.11 Å². The van der Waals surface area contributed by atoms with Gasteiger partial charge in [0, 0.05) is 6.54 Å². The summed E-state index contributed by atoms with van der Waals surface area (Å²) in [5.41, 5.74) is 4.61. The van der Waals surface area contributed by atoms with Crippen LogP contribution in [0.3, 0.4) is 0 Å². The molecule has 1 aliphatic heterocycles. The maximum absolute atomic E-state index is 9.94. The summed E-state index contributed by atoms with van der Waals surface area (Å²) in [5.74, 6) is 0.428. The van der Waals surface area contributed by atoms with E-state index in [4.69, 9.17) is 0 Å². The van der Waals surface area contributed by atoms with E-state index in [0.717, 1.165) is 19.6 Å². The highest BCUT2D eigenvalue weighted by Crippen LogP contribution is 2.45. The van der Waals surface area contributed by atoms with E-state index >= 15 is 0 Å². The van der Waals surface area contributed by atoms with E-state index in [9.17, 15) is 5.11 Å². The van der Waals surface area contributed by atoms with Crippen LogP contribution in [0, 0.1) is 0 Å². The number of aryl methyl sites for hydroxylation is 1. The first-order chi connectivity index (χ1) is 11.3. The molecule has 0 aromatic heterocycles. The summed E-state index contributed by atoms with van der Waals surface area (Å²) in [6.45, 7) is 3.37. The van der Waals surface area contributed by atoms with Crippen LogP contribution in [-0.2, 0) is 18.4 Å². The Morgan fingerprint density at radius 3 is 2.52 bits per heavy atom. The van der Waals surface area contributed by atoms with Crippen molar-refractivity contribution < 1.29 is 5.11 Å². The van der Waals surface area contributed by atoms with E-state index in [1.54, 1.807) is 0 Å². The van der Waals surface area contributed by atoms with Crippen LogP contribution in [0.15, 0.2) is 48.5 Å². The highest BCUT2D eigenvalue weighted by atomic mass is 16.3. The van der Waals surface area contributed by atoms with Gasteiger partial charge in [-0.2, -0.15) is 0 Å². The van der Waals surface area contributed by atoms with E-state index < -0.39 is 0 Å². The highest BCUT2D eigenvalue weighted by molar-refractivity contribution is 5.42. The van der Waals surface area contributed by atoms with Crippen molar-refractivity contribution in [3.8, 4) is 5.75 Å². The van der Waals surface area contributed by atoms with Crippen molar-refractivity contribution in [2.24, 2.45) is 0 Å². The highest BCUT2D eigenvalue weighted by Gasteiger charge is 2.39. The van der Waals surface area contributed by atoms with Crippen LogP contribution >= 0.6 is 0 Å². The number of hydrogen-bond acceptors (Lipinski definition) is 2. The Morgan fingerprint density at radius 2 is 1.74 bits per heavy atom. The van der Waals surface area contributed by atoms with Gasteiger partial charge in [0.2, 0.25) is 0 Å². The minimum Gasteiger partial charge on any atom is -0.508 e. The van der Waals surface area contributed by atoms with Crippen molar-refractivity contribution in [2.75, 3.05) is 13.1 Å². The Kier molecular flexibility index (Phi) is 3.86. The number of hydrogen-bond donors (Lipinski definition) is 1. The predicted molar refractivity (Wildman–Crippen MR) is 93.7 cm³/mol. The zero-order chi connectivity index (χ0) is 15.7. The smallest absolute Gasteiger partial charge is 0.115 e. The number of phenolic OH excluding ortho intramolecular Hbond substituents is 1. The van der Waals surface area contributed by atoms with E-state index in [1.807, 2.05) is 12.1 Å². The standard InChI is InChI=1S/C21H25NO/c23-19-9-8-18-7-4-10-21(20(18)15-19)11-13-22(14-12-21)16-17-5-2-1-3-6-17/h1-3,5-6,8-9,15,23H,4,7,10-14,16H2. The Hall–Kier alpha value is -1.80. The van der Waals surface area contributed by atoms with Crippen molar-refractivity contribution in [2.45, 2.75) is 44.1 Å². The zero-order valence-electron chi connectivity index (χ0n) is 13.7. The maximum Gasteiger partial charge on any atom is 0.115 e. The molecule has 1 N–H and O–H groups in total. The summed E-state index contributed by atoms with van der Waals surface area (Å²) in [6.07, 6.45) is 6.18. The molecule has 0 unspecified atom stereocenters. The molecular weight excluding hydrogens is 282 g/mol. The molecule has 1 spiro atoms. The third-order valence-electron chi connectivity index (χ3n) is 5.83. The van der Waals surface area contributed by atoms with Crippen molar-refractivity contribution in [1.29, 1.82) is 0 Å². The first-order valence-corrected chi connectivity index (χ1v) is 8.84. The third-order valence-corrected chi connectivity index (χ3v) is 5.83. The Bertz CT molecular complexity index is 671. The normalized spacial score (nSPS) is 20.3. The van der Waals surface area contributed by atoms with Gasteiger partial charge in [-0.15, -0.1) is 0 Å². The van der Waals surface area contributed by atoms with Crippen LogP contribution in [-0.4, -0.2) is 23.1 Å². The zero-order valence-corrected chi connectivity index (χ0v) is 13.7. The largest absolute Gasteiger partial charge is 0.508 e. The number of benzene rings is 2. The first kappa shape index (κ1) is 14.8. The Balaban J connectivity index is 1.50. The van der Waals surface area contributed by atoms with Gasteiger partial charge >= 0.3 is 0 Å². The number of phenols is 1. The molecule has 1 heterocycles. The second kappa shape index (κ2) is 6.01.